The van der Waals surface area contributed by atoms with E-state index in [1.807, 2.05) is 18.2 Å². The summed E-state index contributed by atoms with van der Waals surface area (Å²) in [6.07, 6.45) is 0. The maximum Gasteiger partial charge on any atom is 0.249 e. The van der Waals surface area contributed by atoms with Crippen molar-refractivity contribution in [1.29, 1.82) is 0 Å². The Bertz CT molecular complexity index is 1100. The molecule has 0 saturated carbocycles. The quantitative estimate of drug-likeness (QED) is 0.474. The molecule has 5 heteroatoms. The molecule has 0 bridgehead atoms. The summed E-state index contributed by atoms with van der Waals surface area (Å²) in [5.74, 6) is -0.416. The van der Waals surface area contributed by atoms with E-state index in [1.165, 1.54) is 20.7 Å². The number of aromatic nitrogens is 1. The van der Waals surface area contributed by atoms with E-state index in [0.717, 1.165) is 21.7 Å². The van der Waals surface area contributed by atoms with Gasteiger partial charge in [-0.1, -0.05) is 36.0 Å². The van der Waals surface area contributed by atoms with Crippen molar-refractivity contribution in [2.45, 2.75) is 23.6 Å². The standard InChI is InChI=1S/C21H18N2OS2/c1-12-9-13(2)11-14(10-12)26-20-18(23-17-7-8-25-19(17)20)15-5-3-4-6-16(15)21(22)24/h3-11,23H,1-2H3,(H2,22,24). The summed E-state index contributed by atoms with van der Waals surface area (Å²) in [7, 11) is 0. The number of carbonyl (C=O) groups is 1. The van der Waals surface area contributed by atoms with Gasteiger partial charge in [0.25, 0.3) is 0 Å². The van der Waals surface area contributed by atoms with Gasteiger partial charge in [-0.05, 0) is 54.6 Å². The molecule has 0 saturated heterocycles. The number of nitrogens with two attached hydrogens (primary N) is 1. The summed E-state index contributed by atoms with van der Waals surface area (Å²) < 4.78 is 1.20. The Morgan fingerprint density at radius 1 is 1.08 bits per heavy atom. The van der Waals surface area contributed by atoms with Gasteiger partial charge in [0.1, 0.15) is 0 Å². The Morgan fingerprint density at radius 3 is 2.54 bits per heavy atom. The van der Waals surface area contributed by atoms with E-state index in [1.54, 1.807) is 29.2 Å². The smallest absolute Gasteiger partial charge is 0.249 e. The van der Waals surface area contributed by atoms with Crippen molar-refractivity contribution in [2.75, 3.05) is 0 Å². The number of carbonyl (C=O) groups excluding carboxylic acids is 1. The van der Waals surface area contributed by atoms with Gasteiger partial charge >= 0.3 is 0 Å². The first kappa shape index (κ1) is 16.9. The molecule has 0 spiro atoms. The fourth-order valence-corrected chi connectivity index (χ4v) is 5.46. The van der Waals surface area contributed by atoms with Crippen LogP contribution in [-0.2, 0) is 0 Å². The monoisotopic (exact) mass is 378 g/mol. The molecule has 0 fully saturated rings. The molecular weight excluding hydrogens is 360 g/mol. The third-order valence-corrected chi connectivity index (χ3v) is 6.38. The summed E-state index contributed by atoms with van der Waals surface area (Å²) in [5, 5.41) is 2.08. The summed E-state index contributed by atoms with van der Waals surface area (Å²) in [6.45, 7) is 4.22. The Morgan fingerprint density at radius 2 is 1.81 bits per heavy atom. The molecule has 0 aliphatic rings. The van der Waals surface area contributed by atoms with Crippen LogP contribution in [0.25, 0.3) is 21.5 Å². The molecule has 0 aliphatic heterocycles. The number of primary amides is 1. The lowest BCUT2D eigenvalue weighted by molar-refractivity contribution is 0.100. The van der Waals surface area contributed by atoms with Crippen LogP contribution in [0.5, 0.6) is 0 Å². The average molecular weight is 379 g/mol. The number of aromatic amines is 1. The lowest BCUT2D eigenvalue weighted by Gasteiger charge is -2.09. The number of thiophene rings is 1. The highest BCUT2D eigenvalue weighted by Gasteiger charge is 2.19. The van der Waals surface area contributed by atoms with E-state index in [4.69, 9.17) is 5.73 Å². The maximum atomic E-state index is 11.9. The highest BCUT2D eigenvalue weighted by molar-refractivity contribution is 7.99. The molecule has 4 rings (SSSR count). The zero-order valence-corrected chi connectivity index (χ0v) is 16.1. The Labute approximate surface area is 160 Å². The molecule has 0 radical (unpaired) electrons. The number of aryl methyl sites for hydroxylation is 2. The van der Waals surface area contributed by atoms with Gasteiger partial charge in [-0.25, -0.2) is 0 Å². The predicted octanol–water partition coefficient (Wildman–Crippen LogP) is 5.76. The summed E-state index contributed by atoms with van der Waals surface area (Å²) in [4.78, 5) is 17.7. The summed E-state index contributed by atoms with van der Waals surface area (Å²) >= 11 is 3.43. The SMILES string of the molecule is Cc1cc(C)cc(Sc2c(-c3ccccc3C(N)=O)[nH]c3ccsc23)c1. The third kappa shape index (κ3) is 3.04. The second kappa shape index (κ2) is 6.67. The molecule has 0 aliphatic carbocycles. The first-order chi connectivity index (χ1) is 12.5. The molecule has 130 valence electrons. The fraction of sp³-hybridized carbons (Fsp3) is 0.0952. The molecule has 3 nitrogen and oxygen atoms in total. The topological polar surface area (TPSA) is 58.9 Å². The minimum Gasteiger partial charge on any atom is -0.366 e. The van der Waals surface area contributed by atoms with E-state index < -0.39 is 5.91 Å². The van der Waals surface area contributed by atoms with Crippen molar-refractivity contribution in [1.82, 2.24) is 4.98 Å². The van der Waals surface area contributed by atoms with E-state index in [-0.39, 0.29) is 0 Å². The van der Waals surface area contributed by atoms with E-state index >= 15 is 0 Å². The second-order valence-corrected chi connectivity index (χ2v) is 8.33. The fourth-order valence-electron chi connectivity index (χ4n) is 3.20. The highest BCUT2D eigenvalue weighted by Crippen LogP contribution is 2.44. The first-order valence-corrected chi connectivity index (χ1v) is 9.97. The molecule has 0 unspecified atom stereocenters. The van der Waals surface area contributed by atoms with Gasteiger partial charge in [-0.15, -0.1) is 11.3 Å². The number of hydrogen-bond donors (Lipinski definition) is 2. The largest absolute Gasteiger partial charge is 0.366 e. The lowest BCUT2D eigenvalue weighted by atomic mass is 10.0. The van der Waals surface area contributed by atoms with Crippen molar-refractivity contribution in [3.05, 3.63) is 70.6 Å². The predicted molar refractivity (Wildman–Crippen MR) is 110 cm³/mol. The van der Waals surface area contributed by atoms with Crippen LogP contribution in [0.4, 0.5) is 0 Å². The minimum atomic E-state index is -0.416. The highest BCUT2D eigenvalue weighted by atomic mass is 32.2. The normalized spacial score (nSPS) is 11.2. The van der Waals surface area contributed by atoms with Crippen molar-refractivity contribution in [3.63, 3.8) is 0 Å². The second-order valence-electron chi connectivity index (χ2n) is 6.33. The van der Waals surface area contributed by atoms with Gasteiger partial charge in [0, 0.05) is 16.0 Å². The molecule has 2 aromatic carbocycles. The van der Waals surface area contributed by atoms with Crippen LogP contribution >= 0.6 is 23.1 Å². The molecule has 1 amide bonds. The van der Waals surface area contributed by atoms with Crippen molar-refractivity contribution < 1.29 is 4.79 Å². The Balaban J connectivity index is 1.91. The number of nitrogens with one attached hydrogen (secondary N) is 1. The Hall–Kier alpha value is -2.50. The number of benzene rings is 2. The number of fused-ring (bicyclic) bond motifs is 1. The van der Waals surface area contributed by atoms with E-state index in [9.17, 15) is 4.79 Å². The minimum absolute atomic E-state index is 0.416. The van der Waals surface area contributed by atoms with Crippen LogP contribution < -0.4 is 5.73 Å². The van der Waals surface area contributed by atoms with E-state index in [0.29, 0.717) is 5.56 Å². The van der Waals surface area contributed by atoms with Crippen LogP contribution in [0, 0.1) is 13.8 Å². The van der Waals surface area contributed by atoms with Crippen LogP contribution in [0.2, 0.25) is 0 Å². The summed E-state index contributed by atoms with van der Waals surface area (Å²) in [6, 6.07) is 16.1. The zero-order chi connectivity index (χ0) is 18.3. The van der Waals surface area contributed by atoms with Crippen molar-refractivity contribution in [3.8, 4) is 11.3 Å². The van der Waals surface area contributed by atoms with Crippen molar-refractivity contribution in [2.24, 2.45) is 5.73 Å². The average Bonchev–Trinajstić information content (AvgIpc) is 3.16. The summed E-state index contributed by atoms with van der Waals surface area (Å²) in [5.41, 5.74) is 11.5. The molecule has 2 aromatic heterocycles. The Kier molecular flexibility index (Phi) is 4.34. The molecule has 4 aromatic rings. The van der Waals surface area contributed by atoms with E-state index in [2.05, 4.69) is 48.5 Å². The molecule has 26 heavy (non-hydrogen) atoms. The van der Waals surface area contributed by atoms with Gasteiger partial charge in [0.05, 0.1) is 20.8 Å². The maximum absolute atomic E-state index is 11.9. The van der Waals surface area contributed by atoms with Gasteiger partial charge in [0.2, 0.25) is 5.91 Å². The van der Waals surface area contributed by atoms with Gasteiger partial charge < -0.3 is 10.7 Å². The van der Waals surface area contributed by atoms with Crippen molar-refractivity contribution >= 4 is 39.2 Å². The molecular formula is C21H18N2OS2. The zero-order valence-electron chi connectivity index (χ0n) is 14.5. The van der Waals surface area contributed by atoms with Crippen LogP contribution in [0.3, 0.4) is 0 Å². The number of amides is 1. The van der Waals surface area contributed by atoms with Gasteiger partial charge in [-0.2, -0.15) is 0 Å². The van der Waals surface area contributed by atoms with Gasteiger partial charge in [0.15, 0.2) is 0 Å². The lowest BCUT2D eigenvalue weighted by Crippen LogP contribution is -2.12. The van der Waals surface area contributed by atoms with Crippen LogP contribution in [0.1, 0.15) is 21.5 Å². The first-order valence-electron chi connectivity index (χ1n) is 8.27. The molecule has 3 N–H and O–H groups in total. The molecule has 0 atom stereocenters. The third-order valence-electron chi connectivity index (χ3n) is 4.24. The number of rotatable bonds is 4. The molecule has 2 heterocycles. The number of hydrogen-bond acceptors (Lipinski definition) is 3. The van der Waals surface area contributed by atoms with Gasteiger partial charge in [-0.3, -0.25) is 4.79 Å². The van der Waals surface area contributed by atoms with Crippen LogP contribution in [-0.4, -0.2) is 10.9 Å². The number of H-pyrrole nitrogens is 1. The van der Waals surface area contributed by atoms with Crippen LogP contribution in [0.15, 0.2) is 63.7 Å².